The standard InChI is InChI=1S/C15H20O5/c1-5-12(10-8-7-9-11(16)14(10)18)19-15(3,4)20-13(17)6-2/h6-9,12,16,18H,2,5H2,1,3-4H3. The van der Waals surface area contributed by atoms with E-state index in [4.69, 9.17) is 9.47 Å². The average molecular weight is 280 g/mol. The highest BCUT2D eigenvalue weighted by molar-refractivity contribution is 5.81. The summed E-state index contributed by atoms with van der Waals surface area (Å²) < 4.78 is 10.8. The zero-order valence-electron chi connectivity index (χ0n) is 11.9. The second-order valence-electron chi connectivity index (χ2n) is 4.75. The van der Waals surface area contributed by atoms with E-state index >= 15 is 0 Å². The van der Waals surface area contributed by atoms with Crippen LogP contribution >= 0.6 is 0 Å². The number of phenols is 2. The maximum Gasteiger partial charge on any atom is 0.332 e. The molecule has 0 aromatic heterocycles. The molecule has 5 nitrogen and oxygen atoms in total. The molecule has 5 heteroatoms. The minimum absolute atomic E-state index is 0.217. The first-order chi connectivity index (χ1) is 9.30. The molecule has 1 atom stereocenters. The highest BCUT2D eigenvalue weighted by Gasteiger charge is 2.28. The van der Waals surface area contributed by atoms with Crippen LogP contribution in [0.2, 0.25) is 0 Å². The van der Waals surface area contributed by atoms with Gasteiger partial charge in [0, 0.05) is 25.5 Å². The predicted octanol–water partition coefficient (Wildman–Crippen LogP) is 3.03. The van der Waals surface area contributed by atoms with Crippen molar-refractivity contribution in [2.75, 3.05) is 0 Å². The van der Waals surface area contributed by atoms with Gasteiger partial charge in [-0.1, -0.05) is 25.6 Å². The topological polar surface area (TPSA) is 76.0 Å². The molecule has 2 N–H and O–H groups in total. The van der Waals surface area contributed by atoms with Crippen molar-refractivity contribution in [1.29, 1.82) is 0 Å². The number of hydrogen-bond acceptors (Lipinski definition) is 5. The normalized spacial score (nSPS) is 12.8. The maximum atomic E-state index is 11.2. The third-order valence-corrected chi connectivity index (χ3v) is 2.70. The largest absolute Gasteiger partial charge is 0.504 e. The van der Waals surface area contributed by atoms with Gasteiger partial charge in [0.2, 0.25) is 5.79 Å². The van der Waals surface area contributed by atoms with Gasteiger partial charge in [-0.25, -0.2) is 4.79 Å². The van der Waals surface area contributed by atoms with Crippen LogP contribution < -0.4 is 0 Å². The van der Waals surface area contributed by atoms with Crippen LogP contribution in [0.4, 0.5) is 0 Å². The molecule has 1 aromatic rings. The molecule has 0 amide bonds. The number of para-hydroxylation sites is 1. The van der Waals surface area contributed by atoms with Crippen LogP contribution in [0, 0.1) is 0 Å². The Balaban J connectivity index is 2.94. The van der Waals surface area contributed by atoms with Crippen molar-refractivity contribution in [1.82, 2.24) is 0 Å². The molecule has 1 aromatic carbocycles. The molecule has 0 radical (unpaired) electrons. The summed E-state index contributed by atoms with van der Waals surface area (Å²) in [6.07, 6.45) is 1.07. The van der Waals surface area contributed by atoms with Gasteiger partial charge in [0.15, 0.2) is 11.5 Å². The molecule has 0 aliphatic rings. The highest BCUT2D eigenvalue weighted by atomic mass is 16.7. The SMILES string of the molecule is C=CC(=O)OC(C)(C)OC(CC)c1cccc(O)c1O. The van der Waals surface area contributed by atoms with E-state index in [9.17, 15) is 15.0 Å². The molecule has 0 aliphatic heterocycles. The molecule has 1 unspecified atom stereocenters. The molecule has 110 valence electrons. The zero-order chi connectivity index (χ0) is 15.3. The van der Waals surface area contributed by atoms with Gasteiger partial charge in [0.1, 0.15) is 0 Å². The van der Waals surface area contributed by atoms with E-state index in [1.54, 1.807) is 26.0 Å². The van der Waals surface area contributed by atoms with E-state index in [0.29, 0.717) is 12.0 Å². The Labute approximate surface area is 118 Å². The Bertz CT molecular complexity index is 493. The molecule has 1 rings (SSSR count). The van der Waals surface area contributed by atoms with Gasteiger partial charge in [-0.2, -0.15) is 0 Å². The molecule has 0 aliphatic carbocycles. The fourth-order valence-corrected chi connectivity index (χ4v) is 1.83. The number of ether oxygens (including phenoxy) is 2. The van der Waals surface area contributed by atoms with E-state index in [2.05, 4.69) is 6.58 Å². The fraction of sp³-hybridized carbons (Fsp3) is 0.400. The molecule has 0 saturated carbocycles. The molecule has 0 fully saturated rings. The summed E-state index contributed by atoms with van der Waals surface area (Å²) in [7, 11) is 0. The second-order valence-corrected chi connectivity index (χ2v) is 4.75. The average Bonchev–Trinajstić information content (AvgIpc) is 2.39. The quantitative estimate of drug-likeness (QED) is 0.362. The van der Waals surface area contributed by atoms with Crippen LogP contribution in [0.1, 0.15) is 38.9 Å². The van der Waals surface area contributed by atoms with E-state index in [-0.39, 0.29) is 11.5 Å². The van der Waals surface area contributed by atoms with E-state index in [1.807, 2.05) is 6.92 Å². The van der Waals surface area contributed by atoms with Crippen molar-refractivity contribution in [3.8, 4) is 11.5 Å². The highest BCUT2D eigenvalue weighted by Crippen LogP contribution is 2.37. The Morgan fingerprint density at radius 1 is 1.45 bits per heavy atom. The van der Waals surface area contributed by atoms with Gasteiger partial charge in [-0.05, 0) is 12.5 Å². The Kier molecular flexibility index (Phi) is 5.16. The number of carbonyl (C=O) groups excluding carboxylic acids is 1. The van der Waals surface area contributed by atoms with Gasteiger partial charge in [-0.15, -0.1) is 0 Å². The van der Waals surface area contributed by atoms with Crippen molar-refractivity contribution in [3.63, 3.8) is 0 Å². The van der Waals surface area contributed by atoms with Gasteiger partial charge in [-0.3, -0.25) is 0 Å². The zero-order valence-corrected chi connectivity index (χ0v) is 11.9. The molecule has 0 bridgehead atoms. The monoisotopic (exact) mass is 280 g/mol. The lowest BCUT2D eigenvalue weighted by Crippen LogP contribution is -2.32. The van der Waals surface area contributed by atoms with Crippen LogP contribution in [0.3, 0.4) is 0 Å². The lowest BCUT2D eigenvalue weighted by molar-refractivity contribution is -0.230. The van der Waals surface area contributed by atoms with Crippen LogP contribution in [-0.4, -0.2) is 22.0 Å². The summed E-state index contributed by atoms with van der Waals surface area (Å²) in [6.45, 7) is 8.37. The van der Waals surface area contributed by atoms with Crippen molar-refractivity contribution >= 4 is 5.97 Å². The Morgan fingerprint density at radius 2 is 2.10 bits per heavy atom. The van der Waals surface area contributed by atoms with Crippen LogP contribution in [0.5, 0.6) is 11.5 Å². The molecule has 20 heavy (non-hydrogen) atoms. The third kappa shape index (κ3) is 3.99. The number of phenolic OH excluding ortho intramolecular Hbond substituents is 2. The second kappa shape index (κ2) is 6.43. The van der Waals surface area contributed by atoms with Gasteiger partial charge >= 0.3 is 5.97 Å². The number of carbonyl (C=O) groups is 1. The Morgan fingerprint density at radius 3 is 2.65 bits per heavy atom. The Hall–Kier alpha value is -2.01. The summed E-state index contributed by atoms with van der Waals surface area (Å²) in [6, 6.07) is 4.64. The minimum atomic E-state index is -1.18. The number of esters is 1. The number of aromatic hydroxyl groups is 2. The number of hydrogen-bond donors (Lipinski definition) is 2. The molecular formula is C15H20O5. The van der Waals surface area contributed by atoms with Crippen molar-refractivity contribution in [2.45, 2.75) is 39.1 Å². The summed E-state index contributed by atoms with van der Waals surface area (Å²) >= 11 is 0. The molecular weight excluding hydrogens is 260 g/mol. The van der Waals surface area contributed by atoms with Gasteiger partial charge in [0.25, 0.3) is 0 Å². The van der Waals surface area contributed by atoms with Crippen molar-refractivity contribution in [3.05, 3.63) is 36.4 Å². The predicted molar refractivity (Wildman–Crippen MR) is 74.3 cm³/mol. The molecule has 0 spiro atoms. The third-order valence-electron chi connectivity index (χ3n) is 2.70. The van der Waals surface area contributed by atoms with Crippen LogP contribution in [-0.2, 0) is 14.3 Å². The summed E-state index contributed by atoms with van der Waals surface area (Å²) in [4.78, 5) is 11.2. The maximum absolute atomic E-state index is 11.2. The first-order valence-electron chi connectivity index (χ1n) is 6.34. The smallest absolute Gasteiger partial charge is 0.332 e. The fourth-order valence-electron chi connectivity index (χ4n) is 1.83. The van der Waals surface area contributed by atoms with E-state index in [0.717, 1.165) is 6.08 Å². The first-order valence-corrected chi connectivity index (χ1v) is 6.34. The van der Waals surface area contributed by atoms with Gasteiger partial charge < -0.3 is 19.7 Å². The lowest BCUT2D eigenvalue weighted by Gasteiger charge is -2.30. The molecule has 0 saturated heterocycles. The van der Waals surface area contributed by atoms with Gasteiger partial charge in [0.05, 0.1) is 6.10 Å². The first kappa shape index (κ1) is 16.0. The van der Waals surface area contributed by atoms with Crippen LogP contribution in [0.25, 0.3) is 0 Å². The summed E-state index contributed by atoms with van der Waals surface area (Å²) in [5.74, 6) is -2.22. The number of rotatable bonds is 6. The number of benzene rings is 1. The van der Waals surface area contributed by atoms with Crippen molar-refractivity contribution < 1.29 is 24.5 Å². The molecule has 0 heterocycles. The summed E-state index contributed by atoms with van der Waals surface area (Å²) in [5, 5.41) is 19.4. The van der Waals surface area contributed by atoms with Crippen LogP contribution in [0.15, 0.2) is 30.9 Å². The lowest BCUT2D eigenvalue weighted by atomic mass is 10.1. The van der Waals surface area contributed by atoms with Crippen molar-refractivity contribution in [2.24, 2.45) is 0 Å². The summed E-state index contributed by atoms with van der Waals surface area (Å²) in [5.41, 5.74) is 0.440. The van der Waals surface area contributed by atoms with E-state index < -0.39 is 17.9 Å². The minimum Gasteiger partial charge on any atom is -0.504 e. The van der Waals surface area contributed by atoms with E-state index in [1.165, 1.54) is 6.07 Å².